The molecule has 2 aromatic rings. The highest BCUT2D eigenvalue weighted by atomic mass is 32.2. The minimum Gasteiger partial charge on any atom is -0.348 e. The van der Waals surface area contributed by atoms with Crippen molar-refractivity contribution in [3.8, 4) is 0 Å². The molecule has 1 heterocycles. The summed E-state index contributed by atoms with van der Waals surface area (Å²) in [4.78, 5) is 14.5. The Morgan fingerprint density at radius 2 is 1.96 bits per heavy atom. The Labute approximate surface area is 165 Å². The molecule has 1 fully saturated rings. The van der Waals surface area contributed by atoms with E-state index >= 15 is 0 Å². The molecule has 1 aliphatic rings. The number of hydrogen-bond acceptors (Lipinski definition) is 4. The topological polar surface area (TPSA) is 51.0 Å². The van der Waals surface area contributed by atoms with E-state index in [1.54, 1.807) is 19.0 Å². The molecule has 3 rings (SSSR count). The second kappa shape index (κ2) is 9.22. The Bertz CT molecular complexity index is 766. The van der Waals surface area contributed by atoms with Crippen LogP contribution < -0.4 is 0 Å². The number of benzene rings is 1. The Morgan fingerprint density at radius 3 is 2.59 bits per heavy atom. The molecule has 0 saturated heterocycles. The standard InChI is InChI=1S/C21H28N4OS/c1-4-15-25-19(17-13-9-6-10-14-17)22-23-21(25)27-18(20(26)24(2)3)16-11-7-5-8-12-16/h4-5,7-8,11-12,17-18H,1,6,9-10,13-15H2,2-3H3/t18-/m0/s1. The van der Waals surface area contributed by atoms with Crippen molar-refractivity contribution in [1.82, 2.24) is 19.7 Å². The van der Waals surface area contributed by atoms with E-state index in [0.29, 0.717) is 12.5 Å². The summed E-state index contributed by atoms with van der Waals surface area (Å²) in [7, 11) is 3.58. The van der Waals surface area contributed by atoms with Crippen molar-refractivity contribution in [2.75, 3.05) is 14.1 Å². The Hall–Kier alpha value is -2.08. The fourth-order valence-electron chi connectivity index (χ4n) is 3.58. The fourth-order valence-corrected chi connectivity index (χ4v) is 4.78. The van der Waals surface area contributed by atoms with E-state index in [-0.39, 0.29) is 11.2 Å². The van der Waals surface area contributed by atoms with E-state index in [2.05, 4.69) is 21.3 Å². The third-order valence-corrected chi connectivity index (χ3v) is 6.24. The van der Waals surface area contributed by atoms with E-state index in [4.69, 9.17) is 0 Å². The van der Waals surface area contributed by atoms with E-state index in [0.717, 1.165) is 16.5 Å². The molecular formula is C21H28N4OS. The highest BCUT2D eigenvalue weighted by molar-refractivity contribution is 8.00. The molecule has 6 heteroatoms. The maximum atomic E-state index is 12.9. The molecular weight excluding hydrogens is 356 g/mol. The van der Waals surface area contributed by atoms with Gasteiger partial charge in [-0.3, -0.25) is 4.79 Å². The smallest absolute Gasteiger partial charge is 0.240 e. The van der Waals surface area contributed by atoms with Gasteiger partial charge in [-0.15, -0.1) is 16.8 Å². The molecule has 0 bridgehead atoms. The highest BCUT2D eigenvalue weighted by Crippen LogP contribution is 2.38. The Morgan fingerprint density at radius 1 is 1.26 bits per heavy atom. The van der Waals surface area contributed by atoms with Gasteiger partial charge in [-0.25, -0.2) is 0 Å². The number of carbonyl (C=O) groups is 1. The zero-order valence-corrected chi connectivity index (χ0v) is 17.0. The van der Waals surface area contributed by atoms with Crippen LogP contribution in [0.1, 0.15) is 54.7 Å². The van der Waals surface area contributed by atoms with Gasteiger partial charge in [-0.2, -0.15) is 0 Å². The number of hydrogen-bond donors (Lipinski definition) is 0. The number of rotatable bonds is 7. The molecule has 0 aliphatic heterocycles. The van der Waals surface area contributed by atoms with Crippen LogP contribution in [-0.2, 0) is 11.3 Å². The molecule has 1 saturated carbocycles. The van der Waals surface area contributed by atoms with Crippen LogP contribution in [0.5, 0.6) is 0 Å². The van der Waals surface area contributed by atoms with Crippen LogP contribution in [0.15, 0.2) is 48.1 Å². The lowest BCUT2D eigenvalue weighted by atomic mass is 9.89. The van der Waals surface area contributed by atoms with Crippen LogP contribution in [-0.4, -0.2) is 39.7 Å². The van der Waals surface area contributed by atoms with Gasteiger partial charge in [0.1, 0.15) is 11.1 Å². The van der Waals surface area contributed by atoms with Crippen LogP contribution in [0.2, 0.25) is 0 Å². The summed E-state index contributed by atoms with van der Waals surface area (Å²) in [6.45, 7) is 4.57. The SMILES string of the molecule is C=CCn1c(S[C@H](C(=O)N(C)C)c2ccccc2)nnc1C1CCCCC1. The molecule has 0 radical (unpaired) electrons. The van der Waals surface area contributed by atoms with Crippen molar-refractivity contribution >= 4 is 17.7 Å². The summed E-state index contributed by atoms with van der Waals surface area (Å²) < 4.78 is 2.15. The first-order chi connectivity index (χ1) is 13.1. The number of allylic oxidation sites excluding steroid dienone is 1. The van der Waals surface area contributed by atoms with Gasteiger partial charge >= 0.3 is 0 Å². The second-order valence-electron chi connectivity index (χ2n) is 7.22. The molecule has 27 heavy (non-hydrogen) atoms. The maximum absolute atomic E-state index is 12.9. The van der Waals surface area contributed by atoms with Crippen molar-refractivity contribution in [1.29, 1.82) is 0 Å². The third-order valence-electron chi connectivity index (χ3n) is 5.02. The van der Waals surface area contributed by atoms with Crippen LogP contribution in [0.3, 0.4) is 0 Å². The summed E-state index contributed by atoms with van der Waals surface area (Å²) in [5.41, 5.74) is 0.980. The van der Waals surface area contributed by atoms with Crippen molar-refractivity contribution < 1.29 is 4.79 Å². The van der Waals surface area contributed by atoms with Gasteiger partial charge in [-0.1, -0.05) is 67.4 Å². The number of likely N-dealkylation sites (N-methyl/N-ethyl adjacent to an activating group) is 1. The quantitative estimate of drug-likeness (QED) is 0.523. The number of carbonyl (C=O) groups excluding carboxylic acids is 1. The zero-order valence-electron chi connectivity index (χ0n) is 16.2. The molecule has 5 nitrogen and oxygen atoms in total. The molecule has 1 atom stereocenters. The molecule has 1 amide bonds. The summed E-state index contributed by atoms with van der Waals surface area (Å²) in [6.07, 6.45) is 8.02. The molecule has 1 aromatic carbocycles. The van der Waals surface area contributed by atoms with Crippen LogP contribution in [0.4, 0.5) is 0 Å². The highest BCUT2D eigenvalue weighted by Gasteiger charge is 2.28. The van der Waals surface area contributed by atoms with Crippen LogP contribution in [0, 0.1) is 0 Å². The molecule has 144 valence electrons. The largest absolute Gasteiger partial charge is 0.348 e. The molecule has 0 spiro atoms. The Kier molecular flexibility index (Phi) is 6.72. The minimum absolute atomic E-state index is 0.0542. The second-order valence-corrected chi connectivity index (χ2v) is 8.29. The maximum Gasteiger partial charge on any atom is 0.240 e. The Balaban J connectivity index is 1.92. The van der Waals surface area contributed by atoms with Gasteiger partial charge in [0.25, 0.3) is 0 Å². The summed E-state index contributed by atoms with van der Waals surface area (Å²) in [6, 6.07) is 9.89. The van der Waals surface area contributed by atoms with Gasteiger partial charge in [0, 0.05) is 26.6 Å². The van der Waals surface area contributed by atoms with Crippen LogP contribution >= 0.6 is 11.8 Å². The fraction of sp³-hybridized carbons (Fsp3) is 0.476. The number of amides is 1. The van der Waals surface area contributed by atoms with Gasteiger partial charge in [0.05, 0.1) is 0 Å². The predicted molar refractivity (Wildman–Crippen MR) is 110 cm³/mol. The normalized spacial score (nSPS) is 16.1. The van der Waals surface area contributed by atoms with Gasteiger partial charge in [-0.05, 0) is 18.4 Å². The van der Waals surface area contributed by atoms with E-state index in [1.807, 2.05) is 36.4 Å². The summed E-state index contributed by atoms with van der Waals surface area (Å²) in [5, 5.41) is 9.45. The first-order valence-corrected chi connectivity index (χ1v) is 10.5. The van der Waals surface area contributed by atoms with Crippen molar-refractivity contribution in [3.63, 3.8) is 0 Å². The predicted octanol–water partition coefficient (Wildman–Crippen LogP) is 4.43. The summed E-state index contributed by atoms with van der Waals surface area (Å²) >= 11 is 1.48. The number of thioether (sulfide) groups is 1. The lowest BCUT2D eigenvalue weighted by Gasteiger charge is -2.23. The molecule has 0 unspecified atom stereocenters. The van der Waals surface area contributed by atoms with Gasteiger partial charge in [0.15, 0.2) is 5.16 Å². The van der Waals surface area contributed by atoms with E-state index < -0.39 is 0 Å². The number of aromatic nitrogens is 3. The molecule has 1 aromatic heterocycles. The van der Waals surface area contributed by atoms with Crippen molar-refractivity contribution in [2.45, 2.75) is 55.0 Å². The monoisotopic (exact) mass is 384 g/mol. The van der Waals surface area contributed by atoms with Crippen LogP contribution in [0.25, 0.3) is 0 Å². The van der Waals surface area contributed by atoms with E-state index in [9.17, 15) is 4.79 Å². The number of nitrogens with zero attached hydrogens (tertiary/aromatic N) is 4. The van der Waals surface area contributed by atoms with Gasteiger partial charge < -0.3 is 9.47 Å². The lowest BCUT2D eigenvalue weighted by Crippen LogP contribution is -2.27. The average Bonchev–Trinajstić information content (AvgIpc) is 3.09. The first kappa shape index (κ1) is 19.7. The molecule has 1 aliphatic carbocycles. The average molecular weight is 385 g/mol. The van der Waals surface area contributed by atoms with Gasteiger partial charge in [0.2, 0.25) is 5.91 Å². The zero-order chi connectivity index (χ0) is 19.2. The third kappa shape index (κ3) is 4.61. The van der Waals surface area contributed by atoms with Crippen molar-refractivity contribution in [3.05, 3.63) is 54.4 Å². The summed E-state index contributed by atoms with van der Waals surface area (Å²) in [5.74, 6) is 1.56. The first-order valence-electron chi connectivity index (χ1n) is 9.58. The van der Waals surface area contributed by atoms with Crippen molar-refractivity contribution in [2.24, 2.45) is 0 Å². The minimum atomic E-state index is -0.340. The molecule has 0 N–H and O–H groups in total. The lowest BCUT2D eigenvalue weighted by molar-refractivity contribution is -0.128. The van der Waals surface area contributed by atoms with E-state index in [1.165, 1.54) is 43.9 Å².